The number of nitrogens with zero attached hydrogens (tertiary/aromatic N) is 3. The number of amides is 1. The predicted octanol–water partition coefficient (Wildman–Crippen LogP) is 1.18. The Hall–Kier alpha value is -2.21. The highest BCUT2D eigenvalue weighted by Crippen LogP contribution is 2.19. The molecule has 2 aromatic rings. The SMILES string of the molecule is Cc1nc(-c2ccc(Cl)cn2)nc(N)c1C(N)=O. The largest absolute Gasteiger partial charge is 0.383 e. The number of aromatic nitrogens is 3. The molecule has 2 rings (SSSR count). The van der Waals surface area contributed by atoms with Crippen LogP contribution in [0.1, 0.15) is 16.1 Å². The van der Waals surface area contributed by atoms with E-state index in [1.54, 1.807) is 19.1 Å². The molecule has 0 saturated heterocycles. The molecule has 0 fully saturated rings. The first kappa shape index (κ1) is 12.3. The van der Waals surface area contributed by atoms with Gasteiger partial charge in [-0.3, -0.25) is 9.78 Å². The Labute approximate surface area is 108 Å². The summed E-state index contributed by atoms with van der Waals surface area (Å²) < 4.78 is 0. The van der Waals surface area contributed by atoms with Gasteiger partial charge in [0.1, 0.15) is 17.1 Å². The number of hydrogen-bond donors (Lipinski definition) is 2. The number of hydrogen-bond acceptors (Lipinski definition) is 5. The average molecular weight is 264 g/mol. The third-order valence-electron chi connectivity index (χ3n) is 2.32. The molecule has 1 amide bonds. The van der Waals surface area contributed by atoms with Gasteiger partial charge in [-0.05, 0) is 19.1 Å². The lowest BCUT2D eigenvalue weighted by Gasteiger charge is -2.07. The third kappa shape index (κ3) is 2.23. The zero-order valence-corrected chi connectivity index (χ0v) is 10.3. The first-order valence-electron chi connectivity index (χ1n) is 5.05. The van der Waals surface area contributed by atoms with Gasteiger partial charge in [0.05, 0.1) is 10.7 Å². The number of carbonyl (C=O) groups is 1. The van der Waals surface area contributed by atoms with E-state index in [2.05, 4.69) is 15.0 Å². The Morgan fingerprint density at radius 3 is 2.56 bits per heavy atom. The predicted molar refractivity (Wildman–Crippen MR) is 67.9 cm³/mol. The van der Waals surface area contributed by atoms with Crippen molar-refractivity contribution < 1.29 is 4.79 Å². The van der Waals surface area contributed by atoms with Gasteiger partial charge in [0.15, 0.2) is 5.82 Å². The maximum atomic E-state index is 11.2. The highest BCUT2D eigenvalue weighted by molar-refractivity contribution is 6.30. The number of halogens is 1. The Kier molecular flexibility index (Phi) is 3.12. The lowest BCUT2D eigenvalue weighted by atomic mass is 10.2. The Morgan fingerprint density at radius 2 is 2.06 bits per heavy atom. The van der Waals surface area contributed by atoms with Crippen molar-refractivity contribution >= 4 is 23.3 Å². The second-order valence-electron chi connectivity index (χ2n) is 3.62. The molecule has 0 unspecified atom stereocenters. The number of pyridine rings is 1. The van der Waals surface area contributed by atoms with Crippen molar-refractivity contribution in [3.8, 4) is 11.5 Å². The third-order valence-corrected chi connectivity index (χ3v) is 2.54. The average Bonchev–Trinajstić information content (AvgIpc) is 2.28. The number of aryl methyl sites for hydroxylation is 1. The molecule has 2 aromatic heterocycles. The fourth-order valence-corrected chi connectivity index (χ4v) is 1.63. The second-order valence-corrected chi connectivity index (χ2v) is 4.06. The van der Waals surface area contributed by atoms with Gasteiger partial charge < -0.3 is 11.5 Å². The van der Waals surface area contributed by atoms with Crippen molar-refractivity contribution in [1.82, 2.24) is 15.0 Å². The molecular weight excluding hydrogens is 254 g/mol. The Balaban J connectivity index is 2.54. The molecule has 0 radical (unpaired) electrons. The Bertz CT molecular complexity index is 588. The number of nitrogen functional groups attached to an aromatic ring is 1. The van der Waals surface area contributed by atoms with E-state index in [4.69, 9.17) is 23.1 Å². The molecule has 6 nitrogen and oxygen atoms in total. The number of anilines is 1. The molecule has 2 heterocycles. The summed E-state index contributed by atoms with van der Waals surface area (Å²) in [5.41, 5.74) is 11.9. The van der Waals surface area contributed by atoms with Crippen molar-refractivity contribution in [3.05, 3.63) is 34.6 Å². The van der Waals surface area contributed by atoms with E-state index in [1.807, 2.05) is 0 Å². The molecule has 0 aliphatic heterocycles. The van der Waals surface area contributed by atoms with E-state index in [1.165, 1.54) is 6.20 Å². The molecule has 0 atom stereocenters. The highest BCUT2D eigenvalue weighted by atomic mass is 35.5. The molecule has 7 heteroatoms. The van der Waals surface area contributed by atoms with Crippen molar-refractivity contribution in [1.29, 1.82) is 0 Å². The van der Waals surface area contributed by atoms with E-state index in [-0.39, 0.29) is 11.4 Å². The minimum Gasteiger partial charge on any atom is -0.383 e. The van der Waals surface area contributed by atoms with Crippen LogP contribution in [0, 0.1) is 6.92 Å². The van der Waals surface area contributed by atoms with E-state index in [9.17, 15) is 4.79 Å². The van der Waals surface area contributed by atoms with Crippen LogP contribution in [0.25, 0.3) is 11.5 Å². The normalized spacial score (nSPS) is 10.3. The highest BCUT2D eigenvalue weighted by Gasteiger charge is 2.15. The molecule has 0 aliphatic rings. The summed E-state index contributed by atoms with van der Waals surface area (Å²) in [6.07, 6.45) is 1.48. The fourth-order valence-electron chi connectivity index (χ4n) is 1.52. The summed E-state index contributed by atoms with van der Waals surface area (Å²) >= 11 is 5.74. The molecular formula is C11H10ClN5O. The van der Waals surface area contributed by atoms with Crippen LogP contribution in [0.4, 0.5) is 5.82 Å². The van der Waals surface area contributed by atoms with E-state index >= 15 is 0 Å². The van der Waals surface area contributed by atoms with Gasteiger partial charge in [-0.25, -0.2) is 9.97 Å². The molecule has 4 N–H and O–H groups in total. The van der Waals surface area contributed by atoms with Gasteiger partial charge in [0, 0.05) is 6.20 Å². The van der Waals surface area contributed by atoms with E-state index < -0.39 is 5.91 Å². The van der Waals surface area contributed by atoms with Gasteiger partial charge >= 0.3 is 0 Å². The quantitative estimate of drug-likeness (QED) is 0.846. The van der Waals surface area contributed by atoms with Gasteiger partial charge in [-0.2, -0.15) is 0 Å². The van der Waals surface area contributed by atoms with E-state index in [0.29, 0.717) is 22.2 Å². The monoisotopic (exact) mass is 263 g/mol. The minimum atomic E-state index is -0.652. The first-order chi connectivity index (χ1) is 8.49. The maximum absolute atomic E-state index is 11.2. The van der Waals surface area contributed by atoms with Gasteiger partial charge in [-0.1, -0.05) is 11.6 Å². The summed E-state index contributed by atoms with van der Waals surface area (Å²) in [7, 11) is 0. The summed E-state index contributed by atoms with van der Waals surface area (Å²) in [5, 5.41) is 0.511. The minimum absolute atomic E-state index is 0.0433. The molecule has 92 valence electrons. The molecule has 0 saturated carbocycles. The fraction of sp³-hybridized carbons (Fsp3) is 0.0909. The molecule has 0 bridgehead atoms. The van der Waals surface area contributed by atoms with Crippen molar-refractivity contribution in [2.45, 2.75) is 6.92 Å². The smallest absolute Gasteiger partial charge is 0.254 e. The Morgan fingerprint density at radius 1 is 1.33 bits per heavy atom. The zero-order valence-electron chi connectivity index (χ0n) is 9.51. The van der Waals surface area contributed by atoms with Gasteiger partial charge in [0.2, 0.25) is 0 Å². The summed E-state index contributed by atoms with van der Waals surface area (Å²) in [5.74, 6) is -0.283. The molecule has 18 heavy (non-hydrogen) atoms. The van der Waals surface area contributed by atoms with Crippen LogP contribution >= 0.6 is 11.6 Å². The second kappa shape index (κ2) is 4.58. The maximum Gasteiger partial charge on any atom is 0.254 e. The molecule has 0 spiro atoms. The summed E-state index contributed by atoms with van der Waals surface area (Å²) in [4.78, 5) is 23.4. The number of carbonyl (C=O) groups excluding carboxylic acids is 1. The summed E-state index contributed by atoms with van der Waals surface area (Å²) in [6, 6.07) is 3.33. The van der Waals surface area contributed by atoms with Crippen LogP contribution in [-0.4, -0.2) is 20.9 Å². The van der Waals surface area contributed by atoms with Gasteiger partial charge in [0.25, 0.3) is 5.91 Å². The lowest BCUT2D eigenvalue weighted by molar-refractivity contribution is 0.1000. The number of primary amides is 1. The molecule has 0 aliphatic carbocycles. The van der Waals surface area contributed by atoms with Crippen LogP contribution in [0.2, 0.25) is 5.02 Å². The van der Waals surface area contributed by atoms with Crippen molar-refractivity contribution in [2.75, 3.05) is 5.73 Å². The molecule has 0 aromatic carbocycles. The van der Waals surface area contributed by atoms with E-state index in [0.717, 1.165) is 0 Å². The number of rotatable bonds is 2. The van der Waals surface area contributed by atoms with Crippen LogP contribution in [-0.2, 0) is 0 Å². The lowest BCUT2D eigenvalue weighted by Crippen LogP contribution is -2.18. The summed E-state index contributed by atoms with van der Waals surface area (Å²) in [6.45, 7) is 1.64. The standard InChI is InChI=1S/C11H10ClN5O/c1-5-8(10(14)18)9(13)17-11(16-5)7-3-2-6(12)4-15-7/h2-4H,1H3,(H2,14,18)(H2,13,16,17). The first-order valence-corrected chi connectivity index (χ1v) is 5.42. The topological polar surface area (TPSA) is 108 Å². The van der Waals surface area contributed by atoms with Crippen LogP contribution < -0.4 is 11.5 Å². The zero-order chi connectivity index (χ0) is 13.3. The van der Waals surface area contributed by atoms with Crippen LogP contribution in [0.15, 0.2) is 18.3 Å². The van der Waals surface area contributed by atoms with Gasteiger partial charge in [-0.15, -0.1) is 0 Å². The number of nitrogens with two attached hydrogens (primary N) is 2. The van der Waals surface area contributed by atoms with Crippen molar-refractivity contribution in [2.24, 2.45) is 5.73 Å². The van der Waals surface area contributed by atoms with Crippen LogP contribution in [0.3, 0.4) is 0 Å². The van der Waals surface area contributed by atoms with Crippen LogP contribution in [0.5, 0.6) is 0 Å². The van der Waals surface area contributed by atoms with Crippen molar-refractivity contribution in [3.63, 3.8) is 0 Å².